The van der Waals surface area contributed by atoms with Crippen LogP contribution in [0.5, 0.6) is 5.75 Å². The van der Waals surface area contributed by atoms with E-state index in [-0.39, 0.29) is 5.69 Å². The Bertz CT molecular complexity index is 1590. The fraction of sp³-hybridized carbons (Fsp3) is 0.154. The second-order valence-electron chi connectivity index (χ2n) is 8.42. The molecular weight excluding hydrogens is 496 g/mol. The normalized spacial score (nSPS) is 13.9. The second kappa shape index (κ2) is 9.21. The highest BCUT2D eigenvalue weighted by molar-refractivity contribution is 7.22. The molecule has 36 heavy (non-hydrogen) atoms. The van der Waals surface area contributed by atoms with Gasteiger partial charge in [0, 0.05) is 60.2 Å². The van der Waals surface area contributed by atoms with Crippen LogP contribution in [0.1, 0.15) is 9.67 Å². The van der Waals surface area contributed by atoms with Gasteiger partial charge in [0.05, 0.1) is 15.1 Å². The van der Waals surface area contributed by atoms with Gasteiger partial charge in [0.2, 0.25) is 0 Å². The number of para-hydroxylation sites is 1. The summed E-state index contributed by atoms with van der Waals surface area (Å²) in [6.07, 6.45) is 0. The van der Waals surface area contributed by atoms with Crippen LogP contribution in [0.2, 0.25) is 0 Å². The zero-order valence-electron chi connectivity index (χ0n) is 19.0. The van der Waals surface area contributed by atoms with Gasteiger partial charge in [0.1, 0.15) is 10.6 Å². The van der Waals surface area contributed by atoms with Crippen LogP contribution in [0.25, 0.3) is 20.3 Å². The fourth-order valence-electron chi connectivity index (χ4n) is 4.29. The van der Waals surface area contributed by atoms with Crippen molar-refractivity contribution in [3.8, 4) is 5.75 Å². The van der Waals surface area contributed by atoms with E-state index in [4.69, 9.17) is 9.72 Å². The van der Waals surface area contributed by atoms with Gasteiger partial charge in [-0.15, -0.1) is 11.3 Å². The number of thiophene rings is 1. The van der Waals surface area contributed by atoms with Crippen LogP contribution in [0.15, 0.2) is 72.8 Å². The number of nitro groups is 1. The highest BCUT2D eigenvalue weighted by Crippen LogP contribution is 2.34. The predicted octanol–water partition coefficient (Wildman–Crippen LogP) is 5.97. The molecule has 0 amide bonds. The highest BCUT2D eigenvalue weighted by Gasteiger charge is 2.21. The van der Waals surface area contributed by atoms with Crippen LogP contribution in [0, 0.1) is 10.1 Å². The van der Waals surface area contributed by atoms with E-state index in [0.717, 1.165) is 46.2 Å². The number of anilines is 2. The molecule has 0 atom stereocenters. The summed E-state index contributed by atoms with van der Waals surface area (Å²) in [5.74, 6) is -0.0417. The summed E-state index contributed by atoms with van der Waals surface area (Å²) in [5, 5.41) is 12.6. The number of carbonyl (C=O) groups excluding carboxylic acids is 1. The van der Waals surface area contributed by atoms with Crippen LogP contribution in [0.3, 0.4) is 0 Å². The molecule has 3 aromatic carbocycles. The number of hydrogen-bond acceptors (Lipinski definition) is 9. The average molecular weight is 517 g/mol. The maximum absolute atomic E-state index is 12.8. The summed E-state index contributed by atoms with van der Waals surface area (Å²) in [7, 11) is 0. The Hall–Kier alpha value is -4.02. The molecule has 0 unspecified atom stereocenters. The summed E-state index contributed by atoms with van der Waals surface area (Å²) in [6.45, 7) is 3.64. The molecule has 8 nitrogen and oxygen atoms in total. The number of rotatable bonds is 5. The number of carbonyl (C=O) groups is 1. The van der Waals surface area contributed by atoms with Gasteiger partial charge in [-0.1, -0.05) is 29.5 Å². The molecule has 0 saturated carbocycles. The first-order valence-electron chi connectivity index (χ1n) is 11.4. The number of piperazine rings is 1. The molecule has 6 rings (SSSR count). The summed E-state index contributed by atoms with van der Waals surface area (Å²) >= 11 is 2.84. The molecule has 2 aromatic heterocycles. The van der Waals surface area contributed by atoms with Crippen LogP contribution < -0.4 is 14.5 Å². The summed E-state index contributed by atoms with van der Waals surface area (Å²) in [5.41, 5.74) is 2.10. The van der Waals surface area contributed by atoms with Gasteiger partial charge in [-0.05, 0) is 36.4 Å². The van der Waals surface area contributed by atoms with Crippen LogP contribution in [0.4, 0.5) is 16.5 Å². The van der Waals surface area contributed by atoms with E-state index in [0.29, 0.717) is 16.0 Å². The molecule has 10 heteroatoms. The number of ether oxygens (including phenoxy) is 1. The lowest BCUT2D eigenvalue weighted by atomic mass is 10.2. The molecular formula is C26H20N4O4S2. The first-order valence-corrected chi connectivity index (χ1v) is 13.0. The van der Waals surface area contributed by atoms with Gasteiger partial charge in [-0.25, -0.2) is 9.78 Å². The molecule has 1 aliphatic heterocycles. The van der Waals surface area contributed by atoms with E-state index in [1.807, 2.05) is 18.2 Å². The highest BCUT2D eigenvalue weighted by atomic mass is 32.1. The van der Waals surface area contributed by atoms with Gasteiger partial charge in [0.25, 0.3) is 5.69 Å². The van der Waals surface area contributed by atoms with Crippen molar-refractivity contribution in [2.75, 3.05) is 36.0 Å². The third-order valence-corrected chi connectivity index (χ3v) is 8.32. The molecule has 1 fully saturated rings. The van der Waals surface area contributed by atoms with Crippen molar-refractivity contribution in [1.29, 1.82) is 0 Å². The number of benzene rings is 3. The molecule has 0 radical (unpaired) electrons. The number of fused-ring (bicyclic) bond motifs is 2. The third-order valence-electron chi connectivity index (χ3n) is 6.14. The average Bonchev–Trinajstić information content (AvgIpc) is 3.53. The van der Waals surface area contributed by atoms with Crippen LogP contribution in [-0.2, 0) is 0 Å². The summed E-state index contributed by atoms with van der Waals surface area (Å²) in [6, 6.07) is 22.1. The molecule has 0 spiro atoms. The maximum atomic E-state index is 12.8. The molecule has 0 N–H and O–H groups in total. The number of non-ortho nitro benzene ring substituents is 1. The molecule has 0 bridgehead atoms. The van der Waals surface area contributed by atoms with E-state index >= 15 is 0 Å². The van der Waals surface area contributed by atoms with E-state index in [2.05, 4.69) is 34.1 Å². The zero-order chi connectivity index (χ0) is 24.6. The Labute approximate surface area is 214 Å². The third kappa shape index (κ3) is 4.36. The van der Waals surface area contributed by atoms with E-state index in [1.54, 1.807) is 29.5 Å². The van der Waals surface area contributed by atoms with Gasteiger partial charge >= 0.3 is 5.97 Å². The summed E-state index contributed by atoms with van der Waals surface area (Å²) in [4.78, 5) is 33.2. The van der Waals surface area contributed by atoms with Crippen molar-refractivity contribution in [2.45, 2.75) is 0 Å². The van der Waals surface area contributed by atoms with E-state index in [1.165, 1.54) is 29.2 Å². The molecule has 3 heterocycles. The lowest BCUT2D eigenvalue weighted by Gasteiger charge is -2.35. The van der Waals surface area contributed by atoms with Crippen molar-refractivity contribution < 1.29 is 14.5 Å². The Kier molecular flexibility index (Phi) is 5.74. The number of aromatic nitrogens is 1. The van der Waals surface area contributed by atoms with E-state index in [9.17, 15) is 14.9 Å². The Morgan fingerprint density at radius 2 is 1.67 bits per heavy atom. The second-order valence-corrected chi connectivity index (χ2v) is 10.5. The van der Waals surface area contributed by atoms with Crippen LogP contribution in [-0.4, -0.2) is 42.1 Å². The lowest BCUT2D eigenvalue weighted by molar-refractivity contribution is -0.384. The monoisotopic (exact) mass is 516 g/mol. The van der Waals surface area contributed by atoms with Crippen molar-refractivity contribution in [2.24, 2.45) is 0 Å². The van der Waals surface area contributed by atoms with Crippen molar-refractivity contribution in [3.05, 3.63) is 87.8 Å². The summed E-state index contributed by atoms with van der Waals surface area (Å²) < 4.78 is 7.38. The van der Waals surface area contributed by atoms with Gasteiger partial charge < -0.3 is 14.5 Å². The smallest absolute Gasteiger partial charge is 0.353 e. The minimum absolute atomic E-state index is 0.00634. The lowest BCUT2D eigenvalue weighted by Crippen LogP contribution is -2.46. The maximum Gasteiger partial charge on any atom is 0.353 e. The van der Waals surface area contributed by atoms with Gasteiger partial charge in [-0.3, -0.25) is 10.1 Å². The minimum Gasteiger partial charge on any atom is -0.422 e. The Morgan fingerprint density at radius 3 is 2.44 bits per heavy atom. The number of thiazole rings is 1. The number of nitro benzene ring substituents is 1. The number of esters is 1. The first kappa shape index (κ1) is 22.4. The number of nitrogens with zero attached hydrogens (tertiary/aromatic N) is 4. The zero-order valence-corrected chi connectivity index (χ0v) is 20.6. The predicted molar refractivity (Wildman–Crippen MR) is 144 cm³/mol. The Balaban J connectivity index is 1.15. The van der Waals surface area contributed by atoms with Gasteiger partial charge in [0.15, 0.2) is 5.13 Å². The van der Waals surface area contributed by atoms with Gasteiger partial charge in [-0.2, -0.15) is 0 Å². The van der Waals surface area contributed by atoms with Crippen molar-refractivity contribution in [1.82, 2.24) is 4.98 Å². The number of hydrogen-bond donors (Lipinski definition) is 0. The molecule has 1 aliphatic rings. The minimum atomic E-state index is -0.486. The van der Waals surface area contributed by atoms with Crippen molar-refractivity contribution in [3.63, 3.8) is 0 Å². The van der Waals surface area contributed by atoms with E-state index < -0.39 is 10.9 Å². The molecule has 180 valence electrons. The molecule has 0 aliphatic carbocycles. The van der Waals surface area contributed by atoms with Crippen LogP contribution >= 0.6 is 22.7 Å². The Morgan fingerprint density at radius 1 is 0.889 bits per heavy atom. The fourth-order valence-corrected chi connectivity index (χ4v) is 6.25. The first-order chi connectivity index (χ1) is 17.5. The largest absolute Gasteiger partial charge is 0.422 e. The quantitative estimate of drug-likeness (QED) is 0.123. The topological polar surface area (TPSA) is 88.8 Å². The molecule has 1 saturated heterocycles. The SMILES string of the molecule is O=C(Oc1ccc2nc(N3CCN(c4ccccc4)CC3)sc2c1)c1cc2cc([N+](=O)[O-])ccc2s1. The standard InChI is InChI=1S/C26H20N4O4S2/c31-25(24-15-17-14-19(30(32)33)6-9-22(17)35-24)34-20-7-8-21-23(16-20)36-26(27-21)29-12-10-28(11-13-29)18-4-2-1-3-5-18/h1-9,14-16H,10-13H2. The van der Waals surface area contributed by atoms with Crippen molar-refractivity contribution >= 4 is 65.5 Å². The molecule has 5 aromatic rings.